The van der Waals surface area contributed by atoms with E-state index < -0.39 is 23.0 Å². The number of carbonyl (C=O) groups is 1. The van der Waals surface area contributed by atoms with Crippen LogP contribution in [-0.2, 0) is 19.9 Å². The Morgan fingerprint density at radius 2 is 1.26 bits per heavy atom. The van der Waals surface area contributed by atoms with Crippen LogP contribution in [0.1, 0.15) is 72.6 Å². The minimum absolute atomic E-state index is 0. The third kappa shape index (κ3) is 39.3. The van der Waals surface area contributed by atoms with E-state index in [9.17, 15) is 4.79 Å². The smallest absolute Gasteiger partial charge is 1.00 e. The van der Waals surface area contributed by atoms with E-state index in [4.69, 9.17) is 27.4 Å². The van der Waals surface area contributed by atoms with Crippen molar-refractivity contribution in [1.82, 2.24) is 0 Å². The number of unbranched alkanes of at least 4 members (excludes halogenated alkanes) is 9. The molecule has 0 atom stereocenters. The van der Waals surface area contributed by atoms with Gasteiger partial charge in [0, 0.05) is 0 Å². The predicted molar refractivity (Wildman–Crippen MR) is 85.2 cm³/mol. The zero-order valence-corrected chi connectivity index (χ0v) is 17.2. The number of ether oxygens (including phenoxy) is 1. The average molecular weight is 366 g/mol. The first-order valence-corrected chi connectivity index (χ1v) is 9.17. The van der Waals surface area contributed by atoms with Crippen LogP contribution in [0.2, 0.25) is 0 Å². The molecule has 9 heteroatoms. The third-order valence-corrected chi connectivity index (χ3v) is 2.89. The second kappa shape index (κ2) is 20.3. The molecule has 7 nitrogen and oxygen atoms in total. The van der Waals surface area contributed by atoms with Crippen molar-refractivity contribution in [2.75, 3.05) is 13.2 Å². The number of rotatable bonds is 12. The summed E-state index contributed by atoms with van der Waals surface area (Å²) in [6, 6.07) is 0. The Morgan fingerprint density at radius 1 is 0.913 bits per heavy atom. The van der Waals surface area contributed by atoms with Crippen molar-refractivity contribution < 1.29 is 63.1 Å². The SMILES string of the molecule is CCCCCCCCCCCCOC(=O)CO.O=S(=O)(O)O.[H-].[Na+]. The van der Waals surface area contributed by atoms with Gasteiger partial charge in [-0.15, -0.1) is 0 Å². The molecule has 0 spiro atoms. The van der Waals surface area contributed by atoms with Gasteiger partial charge in [-0.3, -0.25) is 9.11 Å². The molecule has 0 bridgehead atoms. The second-order valence-corrected chi connectivity index (χ2v) is 5.90. The Morgan fingerprint density at radius 3 is 1.61 bits per heavy atom. The maximum atomic E-state index is 10.6. The molecule has 0 saturated carbocycles. The molecule has 0 aliphatic rings. The molecular weight excluding hydrogens is 335 g/mol. The Kier molecular flexibility index (Phi) is 24.9. The first-order valence-electron chi connectivity index (χ1n) is 7.77. The Hall–Kier alpha value is 0.300. The van der Waals surface area contributed by atoms with Gasteiger partial charge in [-0.25, -0.2) is 4.79 Å². The molecule has 0 aromatic carbocycles. The van der Waals surface area contributed by atoms with Crippen molar-refractivity contribution >= 4 is 16.4 Å². The Bertz CT molecular complexity index is 345. The van der Waals surface area contributed by atoms with E-state index in [0.717, 1.165) is 12.8 Å². The second-order valence-electron chi connectivity index (χ2n) is 5.01. The molecule has 0 rings (SSSR count). The van der Waals surface area contributed by atoms with Crippen molar-refractivity contribution in [3.8, 4) is 0 Å². The van der Waals surface area contributed by atoms with Crippen LogP contribution >= 0.6 is 0 Å². The van der Waals surface area contributed by atoms with Gasteiger partial charge in [0.25, 0.3) is 0 Å². The van der Waals surface area contributed by atoms with E-state index in [0.29, 0.717) is 6.61 Å². The summed E-state index contributed by atoms with van der Waals surface area (Å²) in [6.07, 6.45) is 12.7. The number of aliphatic hydroxyl groups is 1. The molecule has 0 amide bonds. The Labute approximate surface area is 163 Å². The molecular formula is C14H31NaO7S. The molecule has 0 aliphatic carbocycles. The zero-order chi connectivity index (χ0) is 17.3. The van der Waals surface area contributed by atoms with Crippen LogP contribution in [0.3, 0.4) is 0 Å². The van der Waals surface area contributed by atoms with Gasteiger partial charge in [0.15, 0.2) is 0 Å². The quantitative estimate of drug-likeness (QED) is 0.191. The van der Waals surface area contributed by atoms with Crippen molar-refractivity contribution in [1.29, 1.82) is 0 Å². The summed E-state index contributed by atoms with van der Waals surface area (Å²) in [4.78, 5) is 10.6. The summed E-state index contributed by atoms with van der Waals surface area (Å²) in [5.41, 5.74) is 0. The van der Waals surface area contributed by atoms with Gasteiger partial charge in [-0.1, -0.05) is 64.7 Å². The number of aliphatic hydroxyl groups excluding tert-OH is 1. The monoisotopic (exact) mass is 366 g/mol. The minimum Gasteiger partial charge on any atom is -1.00 e. The molecule has 0 heterocycles. The van der Waals surface area contributed by atoms with Gasteiger partial charge >= 0.3 is 45.9 Å². The molecule has 0 aliphatic heterocycles. The van der Waals surface area contributed by atoms with E-state index >= 15 is 0 Å². The fourth-order valence-electron chi connectivity index (χ4n) is 1.82. The molecule has 0 aromatic heterocycles. The summed E-state index contributed by atoms with van der Waals surface area (Å²) in [5.74, 6) is -0.513. The summed E-state index contributed by atoms with van der Waals surface area (Å²) < 4.78 is 36.4. The third-order valence-electron chi connectivity index (χ3n) is 2.89. The van der Waals surface area contributed by atoms with Crippen molar-refractivity contribution in [3.63, 3.8) is 0 Å². The van der Waals surface area contributed by atoms with Crippen LogP contribution in [0.5, 0.6) is 0 Å². The van der Waals surface area contributed by atoms with Gasteiger partial charge in [-0.2, -0.15) is 8.42 Å². The standard InChI is InChI=1S/C14H28O3.Na.H2O4S.H/c1-2-3-4-5-6-7-8-9-10-11-12-17-14(16)13-15;;1-5(2,3)4;/h15H,2-13H2,1H3;;(H2,1,2,3,4);/q;+1;;-1. The van der Waals surface area contributed by atoms with E-state index in [2.05, 4.69) is 6.92 Å². The molecule has 0 aromatic rings. The van der Waals surface area contributed by atoms with Gasteiger partial charge < -0.3 is 11.3 Å². The number of hydrogen-bond donors (Lipinski definition) is 3. The molecule has 0 radical (unpaired) electrons. The fourth-order valence-corrected chi connectivity index (χ4v) is 1.82. The van der Waals surface area contributed by atoms with E-state index in [1.165, 1.54) is 51.4 Å². The minimum atomic E-state index is -4.67. The van der Waals surface area contributed by atoms with Crippen molar-refractivity contribution in [2.45, 2.75) is 71.1 Å². The molecule has 0 saturated heterocycles. The van der Waals surface area contributed by atoms with Crippen LogP contribution in [0, 0.1) is 0 Å². The molecule has 3 N–H and O–H groups in total. The number of esters is 1. The maximum Gasteiger partial charge on any atom is 1.00 e. The molecule has 136 valence electrons. The summed E-state index contributed by atoms with van der Waals surface area (Å²) in [6.45, 7) is 2.19. The maximum absolute atomic E-state index is 10.6. The van der Waals surface area contributed by atoms with Gasteiger partial charge in [0.05, 0.1) is 6.61 Å². The van der Waals surface area contributed by atoms with E-state index in [1.54, 1.807) is 0 Å². The summed E-state index contributed by atoms with van der Waals surface area (Å²) in [7, 11) is -4.67. The van der Waals surface area contributed by atoms with E-state index in [-0.39, 0.29) is 31.0 Å². The molecule has 0 fully saturated rings. The largest absolute Gasteiger partial charge is 1.00 e. The molecule has 0 unspecified atom stereocenters. The average Bonchev–Trinajstić information content (AvgIpc) is 2.42. The normalized spacial score (nSPS) is 10.3. The van der Waals surface area contributed by atoms with Crippen LogP contribution in [0.25, 0.3) is 0 Å². The predicted octanol–water partition coefficient (Wildman–Crippen LogP) is -0.0935. The van der Waals surface area contributed by atoms with Crippen LogP contribution < -0.4 is 29.6 Å². The van der Waals surface area contributed by atoms with Crippen LogP contribution in [0.15, 0.2) is 0 Å². The van der Waals surface area contributed by atoms with E-state index in [1.807, 2.05) is 0 Å². The first-order chi connectivity index (χ1) is 10.3. The van der Waals surface area contributed by atoms with Gasteiger partial charge in [-0.05, 0) is 6.42 Å². The van der Waals surface area contributed by atoms with Gasteiger partial charge in [0.1, 0.15) is 6.61 Å². The van der Waals surface area contributed by atoms with Crippen LogP contribution in [-0.4, -0.2) is 41.8 Å². The van der Waals surface area contributed by atoms with Crippen molar-refractivity contribution in [3.05, 3.63) is 0 Å². The first kappa shape index (κ1) is 28.1. The molecule has 23 heavy (non-hydrogen) atoms. The topological polar surface area (TPSA) is 121 Å². The summed E-state index contributed by atoms with van der Waals surface area (Å²) >= 11 is 0. The van der Waals surface area contributed by atoms with Crippen LogP contribution in [0.4, 0.5) is 0 Å². The summed E-state index contributed by atoms with van der Waals surface area (Å²) in [5, 5.41) is 8.42. The number of carbonyl (C=O) groups excluding carboxylic acids is 1. The zero-order valence-electron chi connectivity index (χ0n) is 15.4. The Balaban J connectivity index is -0.000000250. The van der Waals surface area contributed by atoms with Gasteiger partial charge in [0.2, 0.25) is 0 Å². The van der Waals surface area contributed by atoms with Crippen molar-refractivity contribution in [2.24, 2.45) is 0 Å². The fraction of sp³-hybridized carbons (Fsp3) is 0.929. The number of hydrogen-bond acceptors (Lipinski definition) is 5.